The lowest BCUT2D eigenvalue weighted by Gasteiger charge is -2.31. The predicted molar refractivity (Wildman–Crippen MR) is 70.5 cm³/mol. The molecule has 0 saturated carbocycles. The summed E-state index contributed by atoms with van der Waals surface area (Å²) in [6, 6.07) is 8.02. The third-order valence-corrected chi connectivity index (χ3v) is 3.41. The van der Waals surface area contributed by atoms with Gasteiger partial charge in [0.25, 0.3) is 0 Å². The smallest absolute Gasteiger partial charge is 0.311 e. The maximum atomic E-state index is 11.3. The van der Waals surface area contributed by atoms with Crippen molar-refractivity contribution in [2.45, 2.75) is 27.2 Å². The number of nitrogens with zero attached hydrogens (tertiary/aromatic N) is 1. The maximum absolute atomic E-state index is 11.3. The molecular weight excluding hydrogens is 214 g/mol. The molecule has 1 unspecified atom stereocenters. The summed E-state index contributed by atoms with van der Waals surface area (Å²) in [5, 5.41) is 9.27. The normalized spacial score (nSPS) is 14.1. The van der Waals surface area contributed by atoms with Gasteiger partial charge in [-0.15, -0.1) is 0 Å². The molecule has 3 heteroatoms. The highest BCUT2D eigenvalue weighted by atomic mass is 16.4. The fourth-order valence-electron chi connectivity index (χ4n) is 1.93. The van der Waals surface area contributed by atoms with E-state index in [-0.39, 0.29) is 0 Å². The number of hydrogen-bond acceptors (Lipinski definition) is 2. The van der Waals surface area contributed by atoms with Crippen LogP contribution < -0.4 is 4.90 Å². The molecule has 0 aliphatic carbocycles. The summed E-state index contributed by atoms with van der Waals surface area (Å²) < 4.78 is 0. The molecule has 0 spiro atoms. The number of carbonyl (C=O) groups is 1. The van der Waals surface area contributed by atoms with Gasteiger partial charge in [-0.05, 0) is 31.9 Å². The van der Waals surface area contributed by atoms with Gasteiger partial charge in [0.05, 0.1) is 5.41 Å². The molecule has 0 aromatic heterocycles. The van der Waals surface area contributed by atoms with Crippen molar-refractivity contribution in [3.63, 3.8) is 0 Å². The van der Waals surface area contributed by atoms with Crippen molar-refractivity contribution in [3.05, 3.63) is 29.8 Å². The first-order valence-electron chi connectivity index (χ1n) is 5.91. The Labute approximate surface area is 103 Å². The van der Waals surface area contributed by atoms with E-state index in [9.17, 15) is 9.90 Å². The summed E-state index contributed by atoms with van der Waals surface area (Å²) in [5.74, 6) is -0.736. The Balaban J connectivity index is 2.89. The minimum Gasteiger partial charge on any atom is -0.481 e. The average Bonchev–Trinajstić information content (AvgIpc) is 2.29. The van der Waals surface area contributed by atoms with E-state index in [1.807, 2.05) is 50.1 Å². The lowest BCUT2D eigenvalue weighted by molar-refractivity contribution is -0.147. The van der Waals surface area contributed by atoms with Crippen LogP contribution in [0.1, 0.15) is 25.8 Å². The number of anilines is 1. The molecule has 0 radical (unpaired) electrons. The van der Waals surface area contributed by atoms with Gasteiger partial charge in [0, 0.05) is 19.3 Å². The molecule has 0 amide bonds. The molecule has 0 saturated heterocycles. The molecule has 1 rings (SSSR count). The first kappa shape index (κ1) is 13.6. The number of carboxylic acids is 1. The van der Waals surface area contributed by atoms with Crippen LogP contribution in [0.5, 0.6) is 0 Å². The molecule has 1 aromatic carbocycles. The first-order chi connectivity index (χ1) is 7.90. The second-order valence-corrected chi connectivity index (χ2v) is 4.86. The van der Waals surface area contributed by atoms with E-state index in [4.69, 9.17) is 0 Å². The summed E-state index contributed by atoms with van der Waals surface area (Å²) in [7, 11) is 1.94. The molecular formula is C14H21NO2. The van der Waals surface area contributed by atoms with Gasteiger partial charge in [-0.1, -0.05) is 25.1 Å². The van der Waals surface area contributed by atoms with Gasteiger partial charge >= 0.3 is 5.97 Å². The molecule has 0 bridgehead atoms. The molecule has 3 nitrogen and oxygen atoms in total. The van der Waals surface area contributed by atoms with Gasteiger partial charge in [0.1, 0.15) is 0 Å². The number of para-hydroxylation sites is 1. The van der Waals surface area contributed by atoms with Crippen LogP contribution in [0.2, 0.25) is 0 Å². The van der Waals surface area contributed by atoms with Crippen LogP contribution in [-0.4, -0.2) is 24.7 Å². The zero-order valence-electron chi connectivity index (χ0n) is 11.0. The highest BCUT2D eigenvalue weighted by Gasteiger charge is 2.32. The standard InChI is InChI=1S/C14H21NO2/c1-5-14(3,13(16)17)10-15(4)12-9-7-6-8-11(12)2/h6-9H,5,10H2,1-4H3,(H,16,17). The number of rotatable bonds is 5. The highest BCUT2D eigenvalue weighted by molar-refractivity contribution is 5.75. The summed E-state index contributed by atoms with van der Waals surface area (Å²) in [6.45, 7) is 6.27. The largest absolute Gasteiger partial charge is 0.481 e. The van der Waals surface area contributed by atoms with E-state index in [0.29, 0.717) is 13.0 Å². The van der Waals surface area contributed by atoms with Crippen molar-refractivity contribution in [2.75, 3.05) is 18.5 Å². The lowest BCUT2D eigenvalue weighted by atomic mass is 9.87. The Kier molecular flexibility index (Phi) is 4.16. The van der Waals surface area contributed by atoms with Crippen LogP contribution in [0.15, 0.2) is 24.3 Å². The van der Waals surface area contributed by atoms with Gasteiger partial charge in [-0.25, -0.2) is 0 Å². The molecule has 0 fully saturated rings. The Bertz CT molecular complexity index is 403. The van der Waals surface area contributed by atoms with E-state index in [2.05, 4.69) is 0 Å². The SMILES string of the molecule is CCC(C)(CN(C)c1ccccc1C)C(=O)O. The molecule has 1 N–H and O–H groups in total. The monoisotopic (exact) mass is 235 g/mol. The minimum absolute atomic E-state index is 0.518. The fraction of sp³-hybridized carbons (Fsp3) is 0.500. The van der Waals surface area contributed by atoms with E-state index >= 15 is 0 Å². The maximum Gasteiger partial charge on any atom is 0.311 e. The van der Waals surface area contributed by atoms with E-state index < -0.39 is 11.4 Å². The summed E-state index contributed by atoms with van der Waals surface area (Å²) >= 11 is 0. The number of aliphatic carboxylic acids is 1. The van der Waals surface area contributed by atoms with E-state index in [1.165, 1.54) is 5.56 Å². The van der Waals surface area contributed by atoms with Crippen molar-refractivity contribution in [3.8, 4) is 0 Å². The predicted octanol–water partition coefficient (Wildman–Crippen LogP) is 2.93. The van der Waals surface area contributed by atoms with Gasteiger partial charge in [-0.2, -0.15) is 0 Å². The number of carboxylic acid groups (broad SMARTS) is 1. The van der Waals surface area contributed by atoms with Gasteiger partial charge in [0.2, 0.25) is 0 Å². The Hall–Kier alpha value is -1.51. The summed E-state index contributed by atoms with van der Waals surface area (Å²) in [4.78, 5) is 13.3. The molecule has 1 aromatic rings. The quantitative estimate of drug-likeness (QED) is 0.853. The number of benzene rings is 1. The van der Waals surface area contributed by atoms with Crippen molar-refractivity contribution in [1.82, 2.24) is 0 Å². The minimum atomic E-state index is -0.736. The second kappa shape index (κ2) is 5.21. The Morgan fingerprint density at radius 1 is 1.41 bits per heavy atom. The molecule has 17 heavy (non-hydrogen) atoms. The van der Waals surface area contributed by atoms with Crippen LogP contribution in [0.3, 0.4) is 0 Å². The van der Waals surface area contributed by atoms with Crippen molar-refractivity contribution in [2.24, 2.45) is 5.41 Å². The Morgan fingerprint density at radius 3 is 2.47 bits per heavy atom. The summed E-state index contributed by atoms with van der Waals surface area (Å²) in [5.41, 5.74) is 1.56. The topological polar surface area (TPSA) is 40.5 Å². The first-order valence-corrected chi connectivity index (χ1v) is 5.91. The van der Waals surface area contributed by atoms with Crippen LogP contribution in [-0.2, 0) is 4.79 Å². The zero-order valence-corrected chi connectivity index (χ0v) is 11.0. The zero-order chi connectivity index (χ0) is 13.1. The van der Waals surface area contributed by atoms with Crippen molar-refractivity contribution < 1.29 is 9.90 Å². The second-order valence-electron chi connectivity index (χ2n) is 4.86. The molecule has 94 valence electrons. The third-order valence-electron chi connectivity index (χ3n) is 3.41. The third kappa shape index (κ3) is 2.99. The summed E-state index contributed by atoms with van der Waals surface area (Å²) in [6.07, 6.45) is 0.624. The lowest BCUT2D eigenvalue weighted by Crippen LogP contribution is -2.39. The molecule has 1 atom stereocenters. The van der Waals surface area contributed by atoms with Crippen molar-refractivity contribution in [1.29, 1.82) is 0 Å². The molecule has 0 heterocycles. The molecule has 0 aliphatic rings. The fourth-order valence-corrected chi connectivity index (χ4v) is 1.93. The van der Waals surface area contributed by atoms with Gasteiger partial charge in [0.15, 0.2) is 0 Å². The van der Waals surface area contributed by atoms with Crippen LogP contribution in [0, 0.1) is 12.3 Å². The number of hydrogen-bond donors (Lipinski definition) is 1. The number of aryl methyl sites for hydroxylation is 1. The van der Waals surface area contributed by atoms with Crippen LogP contribution in [0.4, 0.5) is 5.69 Å². The molecule has 0 aliphatic heterocycles. The van der Waals surface area contributed by atoms with Gasteiger partial charge in [-0.3, -0.25) is 4.79 Å². The van der Waals surface area contributed by atoms with Crippen LogP contribution in [0.25, 0.3) is 0 Å². The van der Waals surface area contributed by atoms with E-state index in [0.717, 1.165) is 5.69 Å². The highest BCUT2D eigenvalue weighted by Crippen LogP contribution is 2.26. The van der Waals surface area contributed by atoms with E-state index in [1.54, 1.807) is 6.92 Å². The van der Waals surface area contributed by atoms with Crippen LogP contribution >= 0.6 is 0 Å². The Morgan fingerprint density at radius 2 is 2.00 bits per heavy atom. The van der Waals surface area contributed by atoms with Gasteiger partial charge < -0.3 is 10.0 Å². The average molecular weight is 235 g/mol. The van der Waals surface area contributed by atoms with Crippen molar-refractivity contribution >= 4 is 11.7 Å².